The summed E-state index contributed by atoms with van der Waals surface area (Å²) in [7, 11) is 0. The molecule has 0 aromatic carbocycles. The zero-order valence-electron chi connectivity index (χ0n) is 12.1. The van der Waals surface area contributed by atoms with Gasteiger partial charge in [-0.2, -0.15) is 5.26 Å². The van der Waals surface area contributed by atoms with Crippen LogP contribution in [0.2, 0.25) is 0 Å². The SMILES string of the molecule is CCCCCC1COC(c2cc3cc(C#N)sc3s2)OC1. The molecule has 3 nitrogen and oxygen atoms in total. The first-order valence-electron chi connectivity index (χ1n) is 7.46. The average Bonchev–Trinajstić information content (AvgIpc) is 3.06. The summed E-state index contributed by atoms with van der Waals surface area (Å²) in [5, 5.41) is 10.0. The number of hydrogen-bond acceptors (Lipinski definition) is 5. The van der Waals surface area contributed by atoms with Crippen molar-refractivity contribution in [1.82, 2.24) is 0 Å². The van der Waals surface area contributed by atoms with Crippen LogP contribution in [0.25, 0.3) is 9.40 Å². The molecule has 0 atom stereocenters. The van der Waals surface area contributed by atoms with Gasteiger partial charge in [0.1, 0.15) is 10.9 Å². The molecule has 1 aliphatic heterocycles. The Labute approximate surface area is 133 Å². The molecule has 0 unspecified atom stereocenters. The second-order valence-electron chi connectivity index (χ2n) is 5.47. The largest absolute Gasteiger partial charge is 0.347 e. The van der Waals surface area contributed by atoms with E-state index in [-0.39, 0.29) is 6.29 Å². The molecule has 0 aliphatic carbocycles. The Balaban J connectivity index is 1.58. The van der Waals surface area contributed by atoms with Crippen LogP contribution in [0.15, 0.2) is 12.1 Å². The predicted molar refractivity (Wildman–Crippen MR) is 86.7 cm³/mol. The first kappa shape index (κ1) is 15.0. The molecule has 0 bridgehead atoms. The third-order valence-corrected chi connectivity index (χ3v) is 6.08. The van der Waals surface area contributed by atoms with Crippen molar-refractivity contribution in [3.8, 4) is 6.07 Å². The highest BCUT2D eigenvalue weighted by atomic mass is 32.2. The van der Waals surface area contributed by atoms with Crippen molar-refractivity contribution in [1.29, 1.82) is 5.26 Å². The van der Waals surface area contributed by atoms with Crippen molar-refractivity contribution in [3.05, 3.63) is 21.9 Å². The van der Waals surface area contributed by atoms with Gasteiger partial charge in [-0.15, -0.1) is 22.7 Å². The van der Waals surface area contributed by atoms with Crippen molar-refractivity contribution in [2.45, 2.75) is 38.9 Å². The van der Waals surface area contributed by atoms with E-state index in [0.29, 0.717) is 5.92 Å². The fraction of sp³-hybridized carbons (Fsp3) is 0.562. The Morgan fingerprint density at radius 2 is 2.05 bits per heavy atom. The van der Waals surface area contributed by atoms with Crippen LogP contribution < -0.4 is 0 Å². The molecule has 0 saturated carbocycles. The maximum absolute atomic E-state index is 8.91. The average molecular weight is 321 g/mol. The minimum atomic E-state index is -0.220. The molecule has 5 heteroatoms. The van der Waals surface area contributed by atoms with Crippen LogP contribution in [0, 0.1) is 17.2 Å². The van der Waals surface area contributed by atoms with Crippen LogP contribution in [0.4, 0.5) is 0 Å². The lowest BCUT2D eigenvalue weighted by Gasteiger charge is -2.28. The Bertz CT molecular complexity index is 601. The Hall–Kier alpha value is -0.930. The molecular formula is C16H19NO2S2. The summed E-state index contributed by atoms with van der Waals surface area (Å²) in [5.41, 5.74) is 0. The zero-order chi connectivity index (χ0) is 14.7. The summed E-state index contributed by atoms with van der Waals surface area (Å²) in [4.78, 5) is 1.89. The lowest BCUT2D eigenvalue weighted by atomic mass is 10.0. The monoisotopic (exact) mass is 321 g/mol. The summed E-state index contributed by atoms with van der Waals surface area (Å²) in [6, 6.07) is 6.23. The van der Waals surface area contributed by atoms with E-state index >= 15 is 0 Å². The van der Waals surface area contributed by atoms with Crippen molar-refractivity contribution >= 4 is 32.1 Å². The van der Waals surface area contributed by atoms with E-state index in [1.807, 2.05) is 6.07 Å². The lowest BCUT2D eigenvalue weighted by Crippen LogP contribution is -2.26. The number of fused-ring (bicyclic) bond motifs is 1. The zero-order valence-corrected chi connectivity index (χ0v) is 13.8. The number of nitrogens with zero attached hydrogens (tertiary/aromatic N) is 1. The quantitative estimate of drug-likeness (QED) is 0.721. The summed E-state index contributed by atoms with van der Waals surface area (Å²) in [5.74, 6) is 0.541. The van der Waals surface area contributed by atoms with Crippen molar-refractivity contribution in [3.63, 3.8) is 0 Å². The molecule has 0 amide bonds. The highest BCUT2D eigenvalue weighted by molar-refractivity contribution is 7.38. The van der Waals surface area contributed by atoms with Gasteiger partial charge in [-0.1, -0.05) is 26.2 Å². The number of thiophene rings is 2. The third kappa shape index (κ3) is 3.46. The maximum atomic E-state index is 8.91. The van der Waals surface area contributed by atoms with Crippen LogP contribution in [-0.2, 0) is 9.47 Å². The molecule has 0 radical (unpaired) electrons. The molecule has 3 rings (SSSR count). The Morgan fingerprint density at radius 3 is 2.71 bits per heavy atom. The predicted octanol–water partition coefficient (Wildman–Crippen LogP) is 5.08. The van der Waals surface area contributed by atoms with E-state index in [4.69, 9.17) is 14.7 Å². The molecule has 112 valence electrons. The molecule has 21 heavy (non-hydrogen) atoms. The highest BCUT2D eigenvalue weighted by Crippen LogP contribution is 2.38. The second-order valence-corrected chi connectivity index (χ2v) is 7.87. The summed E-state index contributed by atoms with van der Waals surface area (Å²) < 4.78 is 13.0. The van der Waals surface area contributed by atoms with Gasteiger partial charge in [-0.05, 0) is 18.6 Å². The number of rotatable bonds is 5. The first-order valence-corrected chi connectivity index (χ1v) is 9.10. The van der Waals surface area contributed by atoms with E-state index in [1.165, 1.54) is 29.7 Å². The molecule has 2 aromatic rings. The van der Waals surface area contributed by atoms with Gasteiger partial charge in [0.05, 0.1) is 22.1 Å². The molecule has 0 spiro atoms. The van der Waals surface area contributed by atoms with Gasteiger partial charge in [0, 0.05) is 11.3 Å². The second kappa shape index (κ2) is 6.89. The van der Waals surface area contributed by atoms with E-state index in [9.17, 15) is 0 Å². The topological polar surface area (TPSA) is 42.2 Å². The van der Waals surface area contributed by atoms with E-state index in [0.717, 1.165) is 28.4 Å². The van der Waals surface area contributed by atoms with E-state index < -0.39 is 0 Å². The van der Waals surface area contributed by atoms with Crippen LogP contribution in [-0.4, -0.2) is 13.2 Å². The summed E-state index contributed by atoms with van der Waals surface area (Å²) in [6.45, 7) is 3.82. The minimum absolute atomic E-state index is 0.220. The first-order chi connectivity index (χ1) is 10.3. The molecule has 0 N–H and O–H groups in total. The number of unbranched alkanes of at least 4 members (excludes halogenated alkanes) is 2. The fourth-order valence-corrected chi connectivity index (χ4v) is 4.85. The van der Waals surface area contributed by atoms with Gasteiger partial charge in [-0.25, -0.2) is 0 Å². The van der Waals surface area contributed by atoms with Gasteiger partial charge in [0.15, 0.2) is 6.29 Å². The molecule has 1 fully saturated rings. The number of ether oxygens (including phenoxy) is 2. The highest BCUT2D eigenvalue weighted by Gasteiger charge is 2.25. The van der Waals surface area contributed by atoms with Crippen LogP contribution in [0.3, 0.4) is 0 Å². The smallest absolute Gasteiger partial charge is 0.193 e. The molecule has 1 saturated heterocycles. The van der Waals surface area contributed by atoms with Gasteiger partial charge < -0.3 is 9.47 Å². The number of nitriles is 1. The van der Waals surface area contributed by atoms with Crippen LogP contribution in [0.5, 0.6) is 0 Å². The molecule has 1 aliphatic rings. The third-order valence-electron chi connectivity index (χ3n) is 3.76. The lowest BCUT2D eigenvalue weighted by molar-refractivity contribution is -0.204. The molecule has 3 heterocycles. The van der Waals surface area contributed by atoms with Gasteiger partial charge in [0.2, 0.25) is 0 Å². The van der Waals surface area contributed by atoms with Crippen molar-refractivity contribution in [2.24, 2.45) is 5.92 Å². The van der Waals surface area contributed by atoms with Crippen LogP contribution in [0.1, 0.15) is 48.7 Å². The fourth-order valence-electron chi connectivity index (χ4n) is 2.59. The summed E-state index contributed by atoms with van der Waals surface area (Å²) in [6.07, 6.45) is 4.80. The van der Waals surface area contributed by atoms with Crippen molar-refractivity contribution in [2.75, 3.05) is 13.2 Å². The van der Waals surface area contributed by atoms with E-state index in [1.54, 1.807) is 22.7 Å². The van der Waals surface area contributed by atoms with Crippen LogP contribution >= 0.6 is 22.7 Å². The van der Waals surface area contributed by atoms with Gasteiger partial charge in [-0.3, -0.25) is 0 Å². The maximum Gasteiger partial charge on any atom is 0.193 e. The normalized spacial score (nSPS) is 22.5. The Kier molecular flexibility index (Phi) is 4.91. The number of hydrogen-bond donors (Lipinski definition) is 0. The van der Waals surface area contributed by atoms with Gasteiger partial charge in [0.25, 0.3) is 0 Å². The van der Waals surface area contributed by atoms with Gasteiger partial charge >= 0.3 is 0 Å². The summed E-state index contributed by atoms with van der Waals surface area (Å²) >= 11 is 3.22. The standard InChI is InChI=1S/C16H19NO2S2/c1-2-3-4-5-11-9-18-15(19-10-11)14-7-12-6-13(8-17)20-16(12)21-14/h6-7,11,15H,2-5,9-10H2,1H3. The molecular weight excluding hydrogens is 302 g/mol. The minimum Gasteiger partial charge on any atom is -0.347 e. The van der Waals surface area contributed by atoms with E-state index in [2.05, 4.69) is 19.1 Å². The Morgan fingerprint density at radius 1 is 1.24 bits per heavy atom. The molecule has 2 aromatic heterocycles. The van der Waals surface area contributed by atoms with Crippen molar-refractivity contribution < 1.29 is 9.47 Å².